The molecule has 3 aromatic rings. The van der Waals surface area contributed by atoms with E-state index in [1.165, 1.54) is 12.1 Å². The Kier molecular flexibility index (Phi) is 4.50. The standard InChI is InChI=1S/C20H23FN6O/c1-12-8-23-17-16(12)18(26-11-25-17)27-7-6-20(22,10-27)9-24-19(28)14-4-3-5-15(21)13(14)2/h3-5,8,11H,6-7,9-10,22H2,1-2H3,(H,24,28)(H,23,25,26)/t20-/m0/s1. The molecule has 0 spiro atoms. The lowest BCUT2D eigenvalue weighted by molar-refractivity contribution is 0.0944. The van der Waals surface area contributed by atoms with E-state index in [0.717, 1.165) is 29.0 Å². The van der Waals surface area contributed by atoms with Crippen molar-refractivity contribution in [2.45, 2.75) is 25.8 Å². The van der Waals surface area contributed by atoms with Gasteiger partial charge in [-0.25, -0.2) is 14.4 Å². The maximum atomic E-state index is 13.7. The number of H-pyrrole nitrogens is 1. The summed E-state index contributed by atoms with van der Waals surface area (Å²) in [7, 11) is 0. The van der Waals surface area contributed by atoms with Gasteiger partial charge in [-0.1, -0.05) is 6.07 Å². The fourth-order valence-electron chi connectivity index (χ4n) is 3.76. The first-order chi connectivity index (χ1) is 13.4. The van der Waals surface area contributed by atoms with Gasteiger partial charge in [0.1, 0.15) is 23.6 Å². The molecule has 1 fully saturated rings. The number of carbonyl (C=O) groups excluding carboxylic acids is 1. The fraction of sp³-hybridized carbons (Fsp3) is 0.350. The van der Waals surface area contributed by atoms with Crippen LogP contribution >= 0.6 is 0 Å². The van der Waals surface area contributed by atoms with Gasteiger partial charge in [0.05, 0.1) is 10.9 Å². The average Bonchev–Trinajstić information content (AvgIpc) is 3.26. The molecule has 1 saturated heterocycles. The number of anilines is 1. The fourth-order valence-corrected chi connectivity index (χ4v) is 3.76. The summed E-state index contributed by atoms with van der Waals surface area (Å²) >= 11 is 0. The van der Waals surface area contributed by atoms with E-state index in [9.17, 15) is 9.18 Å². The quantitative estimate of drug-likeness (QED) is 0.641. The number of aryl methyl sites for hydroxylation is 1. The number of benzene rings is 1. The van der Waals surface area contributed by atoms with Crippen LogP contribution in [-0.2, 0) is 0 Å². The molecule has 2 aromatic heterocycles. The molecule has 1 aliphatic rings. The number of aromatic amines is 1. The minimum absolute atomic E-state index is 0.304. The molecule has 1 amide bonds. The summed E-state index contributed by atoms with van der Waals surface area (Å²) in [6.45, 7) is 5.21. The normalized spacial score (nSPS) is 19.4. The van der Waals surface area contributed by atoms with E-state index >= 15 is 0 Å². The SMILES string of the molecule is Cc1c(F)cccc1C(=O)NC[C@@]1(N)CCN(c2ncnc3[nH]cc(C)c23)C1. The number of hydrogen-bond acceptors (Lipinski definition) is 5. The number of halogens is 1. The second-order valence-corrected chi connectivity index (χ2v) is 7.52. The highest BCUT2D eigenvalue weighted by atomic mass is 19.1. The number of rotatable bonds is 4. The van der Waals surface area contributed by atoms with Crippen LogP contribution in [0.15, 0.2) is 30.7 Å². The number of amides is 1. The van der Waals surface area contributed by atoms with Crippen LogP contribution in [0.4, 0.5) is 10.2 Å². The van der Waals surface area contributed by atoms with Crippen molar-refractivity contribution in [3.05, 3.63) is 53.2 Å². The smallest absolute Gasteiger partial charge is 0.251 e. The first-order valence-electron chi connectivity index (χ1n) is 9.24. The van der Waals surface area contributed by atoms with Crippen molar-refractivity contribution < 1.29 is 9.18 Å². The van der Waals surface area contributed by atoms with Crippen LogP contribution in [0.25, 0.3) is 11.0 Å². The molecule has 7 nitrogen and oxygen atoms in total. The van der Waals surface area contributed by atoms with Crippen molar-refractivity contribution in [3.8, 4) is 0 Å². The highest BCUT2D eigenvalue weighted by Crippen LogP contribution is 2.30. The number of aromatic nitrogens is 3. The Labute approximate surface area is 162 Å². The van der Waals surface area contributed by atoms with Crippen molar-refractivity contribution >= 4 is 22.8 Å². The summed E-state index contributed by atoms with van der Waals surface area (Å²) in [5.74, 6) is 0.145. The molecule has 8 heteroatoms. The minimum atomic E-state index is -0.585. The molecule has 0 unspecified atom stereocenters. The Morgan fingerprint density at radius 3 is 3.04 bits per heavy atom. The maximum absolute atomic E-state index is 13.7. The van der Waals surface area contributed by atoms with Crippen LogP contribution in [0.2, 0.25) is 0 Å². The van der Waals surface area contributed by atoms with Crippen LogP contribution in [0.1, 0.15) is 27.9 Å². The molecule has 4 N–H and O–H groups in total. The molecule has 1 atom stereocenters. The lowest BCUT2D eigenvalue weighted by atomic mass is 9.99. The van der Waals surface area contributed by atoms with E-state index in [0.29, 0.717) is 30.6 Å². The Morgan fingerprint density at radius 1 is 1.39 bits per heavy atom. The van der Waals surface area contributed by atoms with Gasteiger partial charge >= 0.3 is 0 Å². The first kappa shape index (κ1) is 18.4. The van der Waals surface area contributed by atoms with E-state index < -0.39 is 11.4 Å². The van der Waals surface area contributed by atoms with Crippen molar-refractivity contribution in [2.75, 3.05) is 24.5 Å². The average molecular weight is 382 g/mol. The van der Waals surface area contributed by atoms with Crippen LogP contribution in [-0.4, -0.2) is 46.0 Å². The van der Waals surface area contributed by atoms with Gasteiger partial charge in [0.25, 0.3) is 5.91 Å². The van der Waals surface area contributed by atoms with Gasteiger partial charge in [0, 0.05) is 31.4 Å². The molecular weight excluding hydrogens is 359 g/mol. The van der Waals surface area contributed by atoms with Gasteiger partial charge in [-0.2, -0.15) is 0 Å². The Balaban J connectivity index is 1.47. The lowest BCUT2D eigenvalue weighted by Crippen LogP contribution is -2.52. The summed E-state index contributed by atoms with van der Waals surface area (Å²) < 4.78 is 13.7. The van der Waals surface area contributed by atoms with Gasteiger partial charge in [0.2, 0.25) is 0 Å². The van der Waals surface area contributed by atoms with E-state index in [1.807, 2.05) is 13.1 Å². The lowest BCUT2D eigenvalue weighted by Gasteiger charge is -2.26. The van der Waals surface area contributed by atoms with Crippen molar-refractivity contribution in [1.82, 2.24) is 20.3 Å². The third-order valence-electron chi connectivity index (χ3n) is 5.45. The van der Waals surface area contributed by atoms with E-state index in [-0.39, 0.29) is 5.91 Å². The molecule has 0 radical (unpaired) electrons. The predicted molar refractivity (Wildman–Crippen MR) is 106 cm³/mol. The highest BCUT2D eigenvalue weighted by Gasteiger charge is 2.36. The zero-order chi connectivity index (χ0) is 19.9. The number of nitrogens with two attached hydrogens (primary N) is 1. The Bertz CT molecular complexity index is 1050. The zero-order valence-corrected chi connectivity index (χ0v) is 15.9. The van der Waals surface area contributed by atoms with Gasteiger partial charge < -0.3 is 20.9 Å². The van der Waals surface area contributed by atoms with Crippen LogP contribution < -0.4 is 16.0 Å². The minimum Gasteiger partial charge on any atom is -0.354 e. The second kappa shape index (κ2) is 6.87. The summed E-state index contributed by atoms with van der Waals surface area (Å²) in [5.41, 5.74) is 8.52. The number of nitrogens with one attached hydrogen (secondary N) is 2. The topological polar surface area (TPSA) is 99.9 Å². The highest BCUT2D eigenvalue weighted by molar-refractivity contribution is 5.95. The molecule has 0 saturated carbocycles. The molecule has 0 aliphatic carbocycles. The van der Waals surface area contributed by atoms with Crippen molar-refractivity contribution in [2.24, 2.45) is 5.73 Å². The number of carbonyl (C=O) groups is 1. The van der Waals surface area contributed by atoms with Crippen LogP contribution in [0.5, 0.6) is 0 Å². The molecule has 1 aromatic carbocycles. The van der Waals surface area contributed by atoms with Gasteiger partial charge in [-0.15, -0.1) is 0 Å². The predicted octanol–water partition coefficient (Wildman–Crippen LogP) is 2.05. The summed E-state index contributed by atoms with van der Waals surface area (Å²) in [5, 5.41) is 3.86. The van der Waals surface area contributed by atoms with Crippen LogP contribution in [0.3, 0.4) is 0 Å². The molecular formula is C20H23FN6O. The second-order valence-electron chi connectivity index (χ2n) is 7.52. The molecule has 28 heavy (non-hydrogen) atoms. The van der Waals surface area contributed by atoms with Gasteiger partial charge in [-0.3, -0.25) is 4.79 Å². The third-order valence-corrected chi connectivity index (χ3v) is 5.45. The zero-order valence-electron chi connectivity index (χ0n) is 15.9. The molecule has 4 rings (SSSR count). The first-order valence-corrected chi connectivity index (χ1v) is 9.24. The molecule has 0 bridgehead atoms. The van der Waals surface area contributed by atoms with Crippen molar-refractivity contribution in [1.29, 1.82) is 0 Å². The van der Waals surface area contributed by atoms with Gasteiger partial charge in [0.15, 0.2) is 0 Å². The summed E-state index contributed by atoms with van der Waals surface area (Å²) in [6, 6.07) is 4.49. The third kappa shape index (κ3) is 3.20. The van der Waals surface area contributed by atoms with Gasteiger partial charge in [-0.05, 0) is 43.5 Å². The Hall–Kier alpha value is -3.00. The number of hydrogen-bond donors (Lipinski definition) is 3. The Morgan fingerprint density at radius 2 is 2.21 bits per heavy atom. The monoisotopic (exact) mass is 382 g/mol. The van der Waals surface area contributed by atoms with E-state index in [2.05, 4.69) is 25.2 Å². The maximum Gasteiger partial charge on any atom is 0.251 e. The van der Waals surface area contributed by atoms with E-state index in [4.69, 9.17) is 5.73 Å². The molecule has 1 aliphatic heterocycles. The largest absolute Gasteiger partial charge is 0.354 e. The number of fused-ring (bicyclic) bond motifs is 1. The molecule has 146 valence electrons. The van der Waals surface area contributed by atoms with E-state index in [1.54, 1.807) is 19.3 Å². The van der Waals surface area contributed by atoms with Crippen LogP contribution in [0, 0.1) is 19.7 Å². The van der Waals surface area contributed by atoms with Crippen molar-refractivity contribution in [3.63, 3.8) is 0 Å². The summed E-state index contributed by atoms with van der Waals surface area (Å²) in [6.07, 6.45) is 4.17. The number of nitrogens with zero attached hydrogens (tertiary/aromatic N) is 3. The summed E-state index contributed by atoms with van der Waals surface area (Å²) in [4.78, 5) is 26.5. The molecule has 3 heterocycles.